The number of amides is 1. The normalized spacial score (nSPS) is 12.1. The van der Waals surface area contributed by atoms with Crippen LogP contribution in [0.1, 0.15) is 10.4 Å². The second-order valence-corrected chi connectivity index (χ2v) is 6.88. The molecule has 3 nitrogen and oxygen atoms in total. The fourth-order valence-corrected chi connectivity index (χ4v) is 4.03. The minimum atomic E-state index is -0.284. The number of aromatic nitrogens is 1. The van der Waals surface area contributed by atoms with E-state index >= 15 is 0 Å². The van der Waals surface area contributed by atoms with Crippen LogP contribution in [0.2, 0.25) is 0 Å². The summed E-state index contributed by atoms with van der Waals surface area (Å²) >= 11 is 3.06. The van der Waals surface area contributed by atoms with Gasteiger partial charge in [0.1, 0.15) is 0 Å². The van der Waals surface area contributed by atoms with Crippen molar-refractivity contribution in [2.75, 3.05) is 0 Å². The van der Waals surface area contributed by atoms with Gasteiger partial charge in [0.05, 0.1) is 16.8 Å². The van der Waals surface area contributed by atoms with Crippen LogP contribution in [0.25, 0.3) is 16.3 Å². The maximum Gasteiger partial charge on any atom is 0.272 e. The molecule has 1 amide bonds. The summed E-state index contributed by atoms with van der Waals surface area (Å²) in [6.07, 6.45) is 8.75. The van der Waals surface area contributed by atoms with Crippen molar-refractivity contribution in [1.29, 1.82) is 0 Å². The third-order valence-electron chi connectivity index (χ3n) is 3.29. The predicted octanol–water partition coefficient (Wildman–Crippen LogP) is 3.85. The second-order valence-electron chi connectivity index (χ2n) is 4.90. The van der Waals surface area contributed by atoms with E-state index < -0.39 is 0 Å². The van der Waals surface area contributed by atoms with Gasteiger partial charge in [-0.15, -0.1) is 17.8 Å². The first-order chi connectivity index (χ1) is 11.2. The number of rotatable bonds is 3. The van der Waals surface area contributed by atoms with Gasteiger partial charge in [0.25, 0.3) is 5.91 Å². The summed E-state index contributed by atoms with van der Waals surface area (Å²) < 4.78 is 3.00. The molecular formula is C18H14N2OS2. The highest BCUT2D eigenvalue weighted by molar-refractivity contribution is 7.16. The van der Waals surface area contributed by atoms with Crippen LogP contribution in [-0.2, 0) is 11.3 Å². The summed E-state index contributed by atoms with van der Waals surface area (Å²) in [7, 11) is 0. The topological polar surface area (TPSA) is 34.4 Å². The Kier molecular flexibility index (Phi) is 4.56. The number of carbonyl (C=O) groups excluding carboxylic acids is 1. The number of terminal acetylenes is 1. The number of para-hydroxylation sites is 1. The van der Waals surface area contributed by atoms with Crippen molar-refractivity contribution in [3.8, 4) is 12.3 Å². The summed E-state index contributed by atoms with van der Waals surface area (Å²) in [4.78, 5) is 18.0. The molecule has 2 aromatic heterocycles. The van der Waals surface area contributed by atoms with E-state index in [1.54, 1.807) is 17.4 Å². The third kappa shape index (κ3) is 3.34. The molecule has 0 spiro atoms. The van der Waals surface area contributed by atoms with Crippen LogP contribution in [0.4, 0.5) is 0 Å². The van der Waals surface area contributed by atoms with Crippen LogP contribution in [0.3, 0.4) is 0 Å². The summed E-state index contributed by atoms with van der Waals surface area (Å²) in [6, 6.07) is 9.95. The Morgan fingerprint density at radius 3 is 3.00 bits per heavy atom. The molecule has 0 fully saturated rings. The number of nitrogens with zero attached hydrogens (tertiary/aromatic N) is 2. The quantitative estimate of drug-likeness (QED) is 0.528. The zero-order valence-corrected chi connectivity index (χ0v) is 14.2. The van der Waals surface area contributed by atoms with E-state index in [1.807, 2.05) is 47.2 Å². The lowest BCUT2D eigenvalue weighted by Crippen LogP contribution is -2.16. The number of benzene rings is 1. The van der Waals surface area contributed by atoms with Gasteiger partial charge >= 0.3 is 0 Å². The number of hydrogen-bond donors (Lipinski definition) is 0. The lowest BCUT2D eigenvalue weighted by atomic mass is 10.2. The minimum absolute atomic E-state index is 0.284. The van der Waals surface area contributed by atoms with Gasteiger partial charge in [-0.3, -0.25) is 4.79 Å². The van der Waals surface area contributed by atoms with Gasteiger partial charge in [-0.25, -0.2) is 0 Å². The van der Waals surface area contributed by atoms with Crippen molar-refractivity contribution in [2.24, 2.45) is 4.99 Å². The van der Waals surface area contributed by atoms with E-state index in [2.05, 4.69) is 10.9 Å². The van der Waals surface area contributed by atoms with Gasteiger partial charge in [0.2, 0.25) is 0 Å². The molecule has 0 aliphatic heterocycles. The molecule has 23 heavy (non-hydrogen) atoms. The van der Waals surface area contributed by atoms with Crippen molar-refractivity contribution in [1.82, 2.24) is 4.57 Å². The van der Waals surface area contributed by atoms with Crippen LogP contribution in [0.15, 0.2) is 46.8 Å². The summed E-state index contributed by atoms with van der Waals surface area (Å²) in [5.74, 6) is 2.36. The number of fused-ring (bicyclic) bond motifs is 1. The average molecular weight is 338 g/mol. The zero-order chi connectivity index (χ0) is 16.2. The van der Waals surface area contributed by atoms with Gasteiger partial charge in [0.15, 0.2) is 4.80 Å². The monoisotopic (exact) mass is 338 g/mol. The van der Waals surface area contributed by atoms with Crippen LogP contribution < -0.4 is 4.80 Å². The first-order valence-corrected chi connectivity index (χ1v) is 8.71. The molecule has 0 aliphatic carbocycles. The lowest BCUT2D eigenvalue weighted by molar-refractivity contribution is -0.113. The second kappa shape index (κ2) is 6.78. The fourth-order valence-electron chi connectivity index (χ4n) is 2.30. The maximum atomic E-state index is 12.1. The molecule has 0 unspecified atom stereocenters. The van der Waals surface area contributed by atoms with E-state index in [-0.39, 0.29) is 5.91 Å². The summed E-state index contributed by atoms with van der Waals surface area (Å²) in [5.41, 5.74) is 2.17. The van der Waals surface area contributed by atoms with Gasteiger partial charge in [-0.2, -0.15) is 4.99 Å². The van der Waals surface area contributed by atoms with Gasteiger partial charge in [-0.05, 0) is 36.1 Å². The Labute approximate surface area is 142 Å². The summed E-state index contributed by atoms with van der Waals surface area (Å²) in [5, 5.41) is 1.97. The Bertz CT molecular complexity index is 982. The average Bonchev–Trinajstić information content (AvgIpc) is 3.15. The highest BCUT2D eigenvalue weighted by Gasteiger charge is 2.08. The fraction of sp³-hybridized carbons (Fsp3) is 0.111. The smallest absolute Gasteiger partial charge is 0.272 e. The standard InChI is InChI=1S/C18H14N2OS2/c1-3-11-20-17-13(2)6-4-8-15(17)23-18(20)19-16(21)10-9-14-7-5-12-22-14/h1,4-10,12H,11H2,2H3. The van der Waals surface area contributed by atoms with E-state index in [1.165, 1.54) is 17.4 Å². The molecule has 5 heteroatoms. The van der Waals surface area contributed by atoms with Crippen molar-refractivity contribution in [3.63, 3.8) is 0 Å². The number of thiazole rings is 1. The van der Waals surface area contributed by atoms with Crippen LogP contribution in [0, 0.1) is 19.3 Å². The van der Waals surface area contributed by atoms with E-state index in [4.69, 9.17) is 6.42 Å². The van der Waals surface area contributed by atoms with E-state index in [9.17, 15) is 4.79 Å². The molecule has 0 atom stereocenters. The molecule has 3 rings (SSSR count). The van der Waals surface area contributed by atoms with Crippen LogP contribution in [0.5, 0.6) is 0 Å². The number of hydrogen-bond acceptors (Lipinski definition) is 3. The van der Waals surface area contributed by atoms with E-state index in [0.29, 0.717) is 11.3 Å². The molecule has 0 radical (unpaired) electrons. The molecule has 0 saturated carbocycles. The molecule has 114 valence electrons. The molecule has 0 saturated heterocycles. The van der Waals surface area contributed by atoms with Crippen molar-refractivity contribution >= 4 is 44.9 Å². The molecule has 0 aliphatic rings. The van der Waals surface area contributed by atoms with Crippen molar-refractivity contribution in [2.45, 2.75) is 13.5 Å². The molecule has 3 aromatic rings. The van der Waals surface area contributed by atoms with Gasteiger partial charge in [-0.1, -0.05) is 35.5 Å². The Morgan fingerprint density at radius 2 is 2.26 bits per heavy atom. The van der Waals surface area contributed by atoms with Crippen molar-refractivity contribution in [3.05, 3.63) is 57.0 Å². The molecule has 2 heterocycles. The SMILES string of the molecule is C#CCn1c(=NC(=O)C=Cc2cccs2)sc2cccc(C)c21. The number of thiophene rings is 1. The van der Waals surface area contributed by atoms with Crippen molar-refractivity contribution < 1.29 is 4.79 Å². The van der Waals surface area contributed by atoms with Gasteiger partial charge in [0, 0.05) is 11.0 Å². The highest BCUT2D eigenvalue weighted by atomic mass is 32.1. The molecular weight excluding hydrogens is 324 g/mol. The lowest BCUT2D eigenvalue weighted by Gasteiger charge is -2.02. The molecule has 1 aromatic carbocycles. The Hall–Kier alpha value is -2.42. The zero-order valence-electron chi connectivity index (χ0n) is 12.5. The number of aryl methyl sites for hydroxylation is 1. The largest absolute Gasteiger partial charge is 0.304 e. The van der Waals surface area contributed by atoms with Crippen LogP contribution in [-0.4, -0.2) is 10.5 Å². The van der Waals surface area contributed by atoms with E-state index in [0.717, 1.165) is 20.7 Å². The van der Waals surface area contributed by atoms with Crippen LogP contribution >= 0.6 is 22.7 Å². The minimum Gasteiger partial charge on any atom is -0.304 e. The highest BCUT2D eigenvalue weighted by Crippen LogP contribution is 2.20. The molecule has 0 bridgehead atoms. The first kappa shape index (κ1) is 15.5. The maximum absolute atomic E-state index is 12.1. The number of carbonyl (C=O) groups is 1. The Balaban J connectivity index is 2.05. The summed E-state index contributed by atoms with van der Waals surface area (Å²) in [6.45, 7) is 2.43. The Morgan fingerprint density at radius 1 is 1.39 bits per heavy atom. The molecule has 0 N–H and O–H groups in total. The first-order valence-electron chi connectivity index (χ1n) is 7.02. The van der Waals surface area contributed by atoms with Gasteiger partial charge < -0.3 is 4.57 Å². The third-order valence-corrected chi connectivity index (χ3v) is 5.17. The predicted molar refractivity (Wildman–Crippen MR) is 97.3 cm³/mol.